The lowest BCUT2D eigenvalue weighted by Gasteiger charge is -2.20. The third-order valence-electron chi connectivity index (χ3n) is 4.13. The summed E-state index contributed by atoms with van der Waals surface area (Å²) in [5.41, 5.74) is 3.54. The van der Waals surface area contributed by atoms with Crippen molar-refractivity contribution in [1.29, 1.82) is 0 Å². The summed E-state index contributed by atoms with van der Waals surface area (Å²) in [6.07, 6.45) is -0.615. The van der Waals surface area contributed by atoms with E-state index in [0.717, 1.165) is 5.56 Å². The summed E-state index contributed by atoms with van der Waals surface area (Å²) in [5.74, 6) is 1.01. The van der Waals surface area contributed by atoms with Crippen LogP contribution >= 0.6 is 0 Å². The summed E-state index contributed by atoms with van der Waals surface area (Å²) in [4.78, 5) is 12.4. The molecular formula is C20H25NO3. The van der Waals surface area contributed by atoms with Crippen molar-refractivity contribution in [2.75, 3.05) is 7.11 Å². The summed E-state index contributed by atoms with van der Waals surface area (Å²) in [6.45, 7) is 7.85. The second-order valence-corrected chi connectivity index (χ2v) is 5.98. The summed E-state index contributed by atoms with van der Waals surface area (Å²) in [7, 11) is 1.58. The molecule has 0 unspecified atom stereocenters. The van der Waals surface area contributed by atoms with Crippen LogP contribution in [0.5, 0.6) is 11.5 Å². The van der Waals surface area contributed by atoms with Crippen LogP contribution in [0.25, 0.3) is 0 Å². The van der Waals surface area contributed by atoms with Gasteiger partial charge in [0, 0.05) is 0 Å². The zero-order valence-electron chi connectivity index (χ0n) is 14.9. The first-order chi connectivity index (χ1) is 11.4. The number of aryl methyl sites for hydroxylation is 2. The van der Waals surface area contributed by atoms with Gasteiger partial charge in [0.25, 0.3) is 5.91 Å². The minimum Gasteiger partial charge on any atom is -0.493 e. The number of amides is 1. The predicted molar refractivity (Wildman–Crippen MR) is 95.6 cm³/mol. The highest BCUT2D eigenvalue weighted by Gasteiger charge is 2.19. The van der Waals surface area contributed by atoms with Crippen LogP contribution in [0.4, 0.5) is 0 Å². The van der Waals surface area contributed by atoms with Gasteiger partial charge >= 0.3 is 0 Å². The van der Waals surface area contributed by atoms with Crippen LogP contribution in [0.15, 0.2) is 42.5 Å². The van der Waals surface area contributed by atoms with Crippen molar-refractivity contribution in [2.24, 2.45) is 0 Å². The molecule has 0 aliphatic heterocycles. The quantitative estimate of drug-likeness (QED) is 0.874. The summed E-state index contributed by atoms with van der Waals surface area (Å²) < 4.78 is 11.0. The molecule has 0 radical (unpaired) electrons. The van der Waals surface area contributed by atoms with Crippen molar-refractivity contribution >= 4 is 5.91 Å². The largest absolute Gasteiger partial charge is 0.493 e. The van der Waals surface area contributed by atoms with Crippen LogP contribution in [0.3, 0.4) is 0 Å². The Bertz CT molecular complexity index is 712. The first kappa shape index (κ1) is 17.9. The fourth-order valence-electron chi connectivity index (χ4n) is 2.41. The number of ether oxygens (including phenoxy) is 2. The molecule has 2 aromatic carbocycles. The fraction of sp³-hybridized carbons (Fsp3) is 0.350. The molecule has 2 aromatic rings. The van der Waals surface area contributed by atoms with Crippen molar-refractivity contribution < 1.29 is 14.3 Å². The Labute approximate surface area is 143 Å². The lowest BCUT2D eigenvalue weighted by atomic mass is 10.0. The molecule has 24 heavy (non-hydrogen) atoms. The van der Waals surface area contributed by atoms with Crippen LogP contribution in [-0.4, -0.2) is 19.1 Å². The zero-order chi connectivity index (χ0) is 17.7. The lowest BCUT2D eigenvalue weighted by molar-refractivity contribution is -0.127. The van der Waals surface area contributed by atoms with Crippen LogP contribution in [0, 0.1) is 13.8 Å². The van der Waals surface area contributed by atoms with Crippen LogP contribution in [-0.2, 0) is 4.79 Å². The molecule has 1 N–H and O–H groups in total. The second-order valence-electron chi connectivity index (χ2n) is 5.98. The second kappa shape index (κ2) is 7.86. The molecule has 0 bridgehead atoms. The Morgan fingerprint density at radius 3 is 2.29 bits per heavy atom. The average Bonchev–Trinajstić information content (AvgIpc) is 2.57. The van der Waals surface area contributed by atoms with E-state index in [9.17, 15) is 4.79 Å². The maximum atomic E-state index is 12.4. The molecule has 4 nitrogen and oxygen atoms in total. The van der Waals surface area contributed by atoms with E-state index < -0.39 is 6.10 Å². The number of methoxy groups -OCH3 is 1. The van der Waals surface area contributed by atoms with Crippen molar-refractivity contribution in [1.82, 2.24) is 5.32 Å². The summed E-state index contributed by atoms with van der Waals surface area (Å²) in [6, 6.07) is 13.4. The SMILES string of the molecule is COc1ccccc1O[C@H](C)C(=O)N[C@@H](C)c1ccc(C)c(C)c1. The normalized spacial score (nSPS) is 13.0. The van der Waals surface area contributed by atoms with Gasteiger partial charge in [-0.25, -0.2) is 0 Å². The third kappa shape index (κ3) is 4.28. The van der Waals surface area contributed by atoms with Gasteiger partial charge in [0.05, 0.1) is 13.2 Å². The molecular weight excluding hydrogens is 302 g/mol. The van der Waals surface area contributed by atoms with Gasteiger partial charge in [0.15, 0.2) is 17.6 Å². The molecule has 0 saturated carbocycles. The molecule has 0 aliphatic rings. The fourth-order valence-corrected chi connectivity index (χ4v) is 2.41. The Balaban J connectivity index is 2.01. The minimum atomic E-state index is -0.615. The topological polar surface area (TPSA) is 47.6 Å². The van der Waals surface area contributed by atoms with E-state index in [1.807, 2.05) is 25.1 Å². The molecule has 2 atom stereocenters. The number of carbonyl (C=O) groups is 1. The molecule has 1 amide bonds. The lowest BCUT2D eigenvalue weighted by Crippen LogP contribution is -2.37. The van der Waals surface area contributed by atoms with Crippen molar-refractivity contribution in [2.45, 2.75) is 39.8 Å². The summed E-state index contributed by atoms with van der Waals surface area (Å²) in [5, 5.41) is 3.00. The number of carbonyl (C=O) groups excluding carboxylic acids is 1. The van der Waals surface area contributed by atoms with Crippen molar-refractivity contribution in [3.8, 4) is 11.5 Å². The van der Waals surface area contributed by atoms with E-state index in [2.05, 4.69) is 31.3 Å². The first-order valence-electron chi connectivity index (χ1n) is 8.09. The number of hydrogen-bond acceptors (Lipinski definition) is 3. The van der Waals surface area contributed by atoms with Gasteiger partial charge < -0.3 is 14.8 Å². The summed E-state index contributed by atoms with van der Waals surface area (Å²) >= 11 is 0. The molecule has 0 spiro atoms. The number of rotatable bonds is 6. The maximum absolute atomic E-state index is 12.4. The maximum Gasteiger partial charge on any atom is 0.261 e. The molecule has 4 heteroatoms. The zero-order valence-corrected chi connectivity index (χ0v) is 14.9. The van der Waals surface area contributed by atoms with Gasteiger partial charge in [-0.1, -0.05) is 30.3 Å². The van der Waals surface area contributed by atoms with E-state index in [0.29, 0.717) is 11.5 Å². The van der Waals surface area contributed by atoms with Gasteiger partial charge in [-0.3, -0.25) is 4.79 Å². The number of benzene rings is 2. The van der Waals surface area contributed by atoms with E-state index in [-0.39, 0.29) is 11.9 Å². The van der Waals surface area contributed by atoms with E-state index in [1.165, 1.54) is 11.1 Å². The van der Waals surface area contributed by atoms with Crippen LogP contribution < -0.4 is 14.8 Å². The van der Waals surface area contributed by atoms with Gasteiger partial charge in [-0.2, -0.15) is 0 Å². The average molecular weight is 327 g/mol. The van der Waals surface area contributed by atoms with Crippen LogP contribution in [0.1, 0.15) is 36.6 Å². The van der Waals surface area contributed by atoms with Crippen molar-refractivity contribution in [3.05, 3.63) is 59.2 Å². The van der Waals surface area contributed by atoms with Gasteiger partial charge in [-0.05, 0) is 56.5 Å². The predicted octanol–water partition coefficient (Wildman–Crippen LogP) is 3.96. The minimum absolute atomic E-state index is 0.0829. The van der Waals surface area contributed by atoms with E-state index in [1.54, 1.807) is 26.2 Å². The number of para-hydroxylation sites is 2. The molecule has 128 valence electrons. The van der Waals surface area contributed by atoms with Gasteiger partial charge in [0.1, 0.15) is 0 Å². The molecule has 0 aromatic heterocycles. The first-order valence-corrected chi connectivity index (χ1v) is 8.09. The van der Waals surface area contributed by atoms with Gasteiger partial charge in [-0.15, -0.1) is 0 Å². The van der Waals surface area contributed by atoms with Crippen LogP contribution in [0.2, 0.25) is 0 Å². The van der Waals surface area contributed by atoms with Gasteiger partial charge in [0.2, 0.25) is 0 Å². The smallest absolute Gasteiger partial charge is 0.261 e. The Morgan fingerprint density at radius 2 is 1.67 bits per heavy atom. The molecule has 0 fully saturated rings. The Hall–Kier alpha value is -2.49. The van der Waals surface area contributed by atoms with E-state index in [4.69, 9.17) is 9.47 Å². The standard InChI is InChI=1S/C20H25NO3/c1-13-10-11-17(12-14(13)2)15(3)21-20(22)16(4)24-19-9-7-6-8-18(19)23-5/h6-12,15-16H,1-5H3,(H,21,22)/t15-,16+/m0/s1. The van der Waals surface area contributed by atoms with E-state index >= 15 is 0 Å². The Kier molecular flexibility index (Phi) is 5.85. The molecule has 0 heterocycles. The highest BCUT2D eigenvalue weighted by molar-refractivity contribution is 5.81. The number of hydrogen-bond donors (Lipinski definition) is 1. The Morgan fingerprint density at radius 1 is 1.00 bits per heavy atom. The third-order valence-corrected chi connectivity index (χ3v) is 4.13. The molecule has 0 saturated heterocycles. The highest BCUT2D eigenvalue weighted by Crippen LogP contribution is 2.27. The highest BCUT2D eigenvalue weighted by atomic mass is 16.5. The van der Waals surface area contributed by atoms with Crippen molar-refractivity contribution in [3.63, 3.8) is 0 Å². The monoisotopic (exact) mass is 327 g/mol. The number of nitrogens with one attached hydrogen (secondary N) is 1. The molecule has 2 rings (SSSR count). The molecule has 0 aliphatic carbocycles.